The Bertz CT molecular complexity index is 987. The third-order valence-corrected chi connectivity index (χ3v) is 5.44. The molecule has 3 rings (SSSR count). The van der Waals surface area contributed by atoms with Crippen LogP contribution in [-0.4, -0.2) is 32.1 Å². The van der Waals surface area contributed by atoms with Gasteiger partial charge in [-0.25, -0.2) is 0 Å². The molecule has 0 heterocycles. The van der Waals surface area contributed by atoms with Crippen LogP contribution in [0.25, 0.3) is 0 Å². The zero-order valence-electron chi connectivity index (χ0n) is 17.5. The molecule has 1 amide bonds. The lowest BCUT2D eigenvalue weighted by Crippen LogP contribution is -2.30. The summed E-state index contributed by atoms with van der Waals surface area (Å²) in [4.78, 5) is 15.3. The number of amides is 1. The summed E-state index contributed by atoms with van der Waals surface area (Å²) in [6, 6.07) is 18.3. The first-order valence-electron chi connectivity index (χ1n) is 9.54. The molecular weight excluding hydrogens is 437 g/mol. The van der Waals surface area contributed by atoms with Gasteiger partial charge in [0.1, 0.15) is 17.1 Å². The number of rotatable bonds is 8. The van der Waals surface area contributed by atoms with Crippen LogP contribution in [0.1, 0.15) is 21.5 Å². The predicted molar refractivity (Wildman–Crippen MR) is 123 cm³/mol. The third-order valence-electron chi connectivity index (χ3n) is 4.83. The van der Waals surface area contributed by atoms with Gasteiger partial charge in [0.05, 0.1) is 31.4 Å². The lowest BCUT2D eigenvalue weighted by atomic mass is 10.1. The fourth-order valence-electron chi connectivity index (χ4n) is 3.19. The highest BCUT2D eigenvalue weighted by Gasteiger charge is 2.25. The molecule has 0 atom stereocenters. The number of nitrogens with zero attached hydrogens (tertiary/aromatic N) is 1. The Morgan fingerprint density at radius 3 is 1.58 bits per heavy atom. The number of benzene rings is 3. The molecule has 0 spiro atoms. The Hall–Kier alpha value is -2.89. The van der Waals surface area contributed by atoms with E-state index in [-0.39, 0.29) is 22.2 Å². The van der Waals surface area contributed by atoms with Crippen LogP contribution in [0.4, 0.5) is 0 Å². The average Bonchev–Trinajstić information content (AvgIpc) is 2.80. The lowest BCUT2D eigenvalue weighted by Gasteiger charge is -2.25. The number of carbonyl (C=O) groups is 1. The second-order valence-electron chi connectivity index (χ2n) is 6.79. The minimum absolute atomic E-state index is 0.235. The van der Waals surface area contributed by atoms with Crippen molar-refractivity contribution in [3.63, 3.8) is 0 Å². The first kappa shape index (κ1) is 22.8. The number of carbonyl (C=O) groups excluding carboxylic acids is 1. The van der Waals surface area contributed by atoms with Gasteiger partial charge in [-0.15, -0.1) is 0 Å². The molecule has 0 aliphatic heterocycles. The van der Waals surface area contributed by atoms with E-state index in [2.05, 4.69) is 0 Å². The van der Waals surface area contributed by atoms with Gasteiger partial charge >= 0.3 is 0 Å². The van der Waals surface area contributed by atoms with E-state index in [1.165, 1.54) is 7.11 Å². The van der Waals surface area contributed by atoms with Gasteiger partial charge in [-0.2, -0.15) is 0 Å². The molecule has 5 nitrogen and oxygen atoms in total. The molecule has 0 aliphatic rings. The monoisotopic (exact) mass is 459 g/mol. The van der Waals surface area contributed by atoms with Gasteiger partial charge < -0.3 is 19.1 Å². The van der Waals surface area contributed by atoms with Crippen molar-refractivity contribution in [1.29, 1.82) is 0 Å². The molecule has 0 radical (unpaired) electrons. The molecule has 3 aromatic carbocycles. The number of methoxy groups -OCH3 is 3. The zero-order valence-corrected chi connectivity index (χ0v) is 19.0. The highest BCUT2D eigenvalue weighted by Crippen LogP contribution is 2.35. The van der Waals surface area contributed by atoms with Crippen molar-refractivity contribution >= 4 is 29.1 Å². The summed E-state index contributed by atoms with van der Waals surface area (Å²) in [6.45, 7) is 0.724. The summed E-state index contributed by atoms with van der Waals surface area (Å²) < 4.78 is 15.8. The van der Waals surface area contributed by atoms with Gasteiger partial charge in [0, 0.05) is 13.1 Å². The molecule has 7 heteroatoms. The van der Waals surface area contributed by atoms with E-state index in [0.29, 0.717) is 18.1 Å². The molecule has 0 saturated carbocycles. The predicted octanol–water partition coefficient (Wildman–Crippen LogP) is 5.86. The standard InChI is InChI=1S/C24H23Cl2NO4/c1-29-18-8-4-16(5-9-18)14-27(15-17-6-10-19(30-2)11-7-17)24(28)22-20(25)12-13-21(26)23(22)31-3/h4-13H,14-15H2,1-3H3. The Labute approximate surface area is 192 Å². The lowest BCUT2D eigenvalue weighted by molar-refractivity contribution is 0.0727. The SMILES string of the molecule is COc1ccc(CN(Cc2ccc(OC)cc2)C(=O)c2c(Cl)ccc(Cl)c2OC)cc1. The summed E-state index contributed by atoms with van der Waals surface area (Å²) in [5.74, 6) is 1.47. The fourth-order valence-corrected chi connectivity index (χ4v) is 3.66. The Morgan fingerprint density at radius 2 is 1.16 bits per heavy atom. The van der Waals surface area contributed by atoms with Gasteiger partial charge in [-0.1, -0.05) is 47.5 Å². The molecule has 3 aromatic rings. The molecule has 0 saturated heterocycles. The second-order valence-corrected chi connectivity index (χ2v) is 7.61. The van der Waals surface area contributed by atoms with Crippen LogP contribution < -0.4 is 14.2 Å². The topological polar surface area (TPSA) is 48.0 Å². The quantitative estimate of drug-likeness (QED) is 0.423. The normalized spacial score (nSPS) is 10.5. The Balaban J connectivity index is 1.97. The van der Waals surface area contributed by atoms with Crippen LogP contribution in [0.3, 0.4) is 0 Å². The number of hydrogen-bond acceptors (Lipinski definition) is 4. The van der Waals surface area contributed by atoms with Crippen LogP contribution in [0, 0.1) is 0 Å². The molecule has 0 aliphatic carbocycles. The Morgan fingerprint density at radius 1 is 0.710 bits per heavy atom. The molecule has 0 aromatic heterocycles. The first-order valence-corrected chi connectivity index (χ1v) is 10.3. The minimum Gasteiger partial charge on any atom is -0.497 e. The van der Waals surface area contributed by atoms with Crippen molar-refractivity contribution in [1.82, 2.24) is 4.90 Å². The maximum absolute atomic E-state index is 13.6. The number of ether oxygens (including phenoxy) is 3. The molecule has 0 bridgehead atoms. The smallest absolute Gasteiger partial charge is 0.259 e. The number of hydrogen-bond donors (Lipinski definition) is 0. The summed E-state index contributed by atoms with van der Waals surface area (Å²) in [6.07, 6.45) is 0. The van der Waals surface area contributed by atoms with Crippen molar-refractivity contribution < 1.29 is 19.0 Å². The molecule has 31 heavy (non-hydrogen) atoms. The van der Waals surface area contributed by atoms with Crippen molar-refractivity contribution in [2.24, 2.45) is 0 Å². The first-order chi connectivity index (χ1) is 15.0. The van der Waals surface area contributed by atoms with Crippen LogP contribution in [-0.2, 0) is 13.1 Å². The number of halogens is 2. The van der Waals surface area contributed by atoms with E-state index in [9.17, 15) is 4.79 Å². The summed E-state index contributed by atoms with van der Waals surface area (Å²) >= 11 is 12.6. The van der Waals surface area contributed by atoms with E-state index in [1.807, 2.05) is 48.5 Å². The third kappa shape index (κ3) is 5.43. The maximum Gasteiger partial charge on any atom is 0.259 e. The summed E-state index contributed by atoms with van der Waals surface area (Å²) in [5, 5.41) is 0.602. The van der Waals surface area contributed by atoms with E-state index in [1.54, 1.807) is 31.3 Å². The second kappa shape index (κ2) is 10.4. The van der Waals surface area contributed by atoms with E-state index >= 15 is 0 Å². The van der Waals surface area contributed by atoms with Gasteiger partial charge in [-0.3, -0.25) is 4.79 Å². The van der Waals surface area contributed by atoms with Gasteiger partial charge in [0.15, 0.2) is 5.75 Å². The largest absolute Gasteiger partial charge is 0.497 e. The van der Waals surface area contributed by atoms with Crippen molar-refractivity contribution in [3.05, 3.63) is 87.4 Å². The minimum atomic E-state index is -0.281. The van der Waals surface area contributed by atoms with Crippen molar-refractivity contribution in [2.75, 3.05) is 21.3 Å². The zero-order chi connectivity index (χ0) is 22.4. The van der Waals surface area contributed by atoms with Crippen molar-refractivity contribution in [3.8, 4) is 17.2 Å². The molecule has 162 valence electrons. The molecule has 0 N–H and O–H groups in total. The van der Waals surface area contributed by atoms with Gasteiger partial charge in [0.25, 0.3) is 5.91 Å². The maximum atomic E-state index is 13.6. The fraction of sp³-hybridized carbons (Fsp3) is 0.208. The van der Waals surface area contributed by atoms with Crippen LogP contribution in [0.15, 0.2) is 60.7 Å². The average molecular weight is 460 g/mol. The van der Waals surface area contributed by atoms with Crippen LogP contribution in [0.2, 0.25) is 10.0 Å². The van der Waals surface area contributed by atoms with Crippen LogP contribution >= 0.6 is 23.2 Å². The van der Waals surface area contributed by atoms with E-state index < -0.39 is 0 Å². The van der Waals surface area contributed by atoms with E-state index in [4.69, 9.17) is 37.4 Å². The molecule has 0 fully saturated rings. The van der Waals surface area contributed by atoms with Gasteiger partial charge in [0.2, 0.25) is 0 Å². The van der Waals surface area contributed by atoms with Crippen LogP contribution in [0.5, 0.6) is 17.2 Å². The van der Waals surface area contributed by atoms with Crippen molar-refractivity contribution in [2.45, 2.75) is 13.1 Å². The highest BCUT2D eigenvalue weighted by molar-refractivity contribution is 6.37. The van der Waals surface area contributed by atoms with Gasteiger partial charge in [-0.05, 0) is 47.5 Å². The molecular formula is C24H23Cl2NO4. The summed E-state index contributed by atoms with van der Waals surface area (Å²) in [5.41, 5.74) is 2.12. The van der Waals surface area contributed by atoms with E-state index in [0.717, 1.165) is 22.6 Å². The molecule has 0 unspecified atom stereocenters. The Kier molecular flexibility index (Phi) is 7.66. The highest BCUT2D eigenvalue weighted by atomic mass is 35.5. The summed E-state index contributed by atoms with van der Waals surface area (Å²) in [7, 11) is 4.69.